The molecule has 2 rings (SSSR count). The number of esters is 1. The molecule has 0 heterocycles. The number of aliphatic hydroxyl groups is 1. The highest BCUT2D eigenvalue weighted by Gasteiger charge is 2.06. The minimum atomic E-state index is -0.563. The second kappa shape index (κ2) is 8.56. The summed E-state index contributed by atoms with van der Waals surface area (Å²) in [5.41, 5.74) is 3.53. The largest absolute Gasteiger partial charge is 0.462 e. The van der Waals surface area contributed by atoms with Crippen LogP contribution in [0.25, 0.3) is 11.1 Å². The molecule has 0 radical (unpaired) electrons. The SMILES string of the molecule is CCOC(=O)c1ccc(-c2ccc(NCC(O)CCl)cc2)cc1. The van der Waals surface area contributed by atoms with E-state index in [-0.39, 0.29) is 11.8 Å². The minimum absolute atomic E-state index is 0.206. The number of hydrogen-bond donors (Lipinski definition) is 2. The van der Waals surface area contributed by atoms with Crippen molar-refractivity contribution in [3.8, 4) is 11.1 Å². The van der Waals surface area contributed by atoms with Gasteiger partial charge in [0, 0.05) is 12.2 Å². The van der Waals surface area contributed by atoms with Crippen molar-refractivity contribution < 1.29 is 14.6 Å². The number of nitrogens with one attached hydrogen (secondary N) is 1. The van der Waals surface area contributed by atoms with Crippen LogP contribution >= 0.6 is 11.6 Å². The summed E-state index contributed by atoms with van der Waals surface area (Å²) in [6.45, 7) is 2.57. The van der Waals surface area contributed by atoms with Crippen molar-refractivity contribution in [1.82, 2.24) is 0 Å². The van der Waals surface area contributed by atoms with Crippen molar-refractivity contribution in [3.05, 3.63) is 54.1 Å². The minimum Gasteiger partial charge on any atom is -0.462 e. The van der Waals surface area contributed by atoms with Crippen LogP contribution in [0.2, 0.25) is 0 Å². The van der Waals surface area contributed by atoms with E-state index in [4.69, 9.17) is 16.3 Å². The zero-order valence-electron chi connectivity index (χ0n) is 13.0. The Morgan fingerprint density at radius 1 is 1.13 bits per heavy atom. The fourth-order valence-electron chi connectivity index (χ4n) is 2.08. The zero-order valence-corrected chi connectivity index (χ0v) is 13.7. The molecule has 1 unspecified atom stereocenters. The second-order valence-corrected chi connectivity index (χ2v) is 5.37. The maximum absolute atomic E-state index is 11.6. The molecule has 2 N–H and O–H groups in total. The molecule has 0 aliphatic rings. The van der Waals surface area contributed by atoms with Crippen LogP contribution in [0.4, 0.5) is 5.69 Å². The van der Waals surface area contributed by atoms with E-state index >= 15 is 0 Å². The van der Waals surface area contributed by atoms with Gasteiger partial charge in [0.25, 0.3) is 0 Å². The van der Waals surface area contributed by atoms with Gasteiger partial charge in [-0.1, -0.05) is 24.3 Å². The lowest BCUT2D eigenvalue weighted by molar-refractivity contribution is 0.0526. The van der Waals surface area contributed by atoms with E-state index in [1.165, 1.54) is 0 Å². The molecule has 2 aromatic rings. The molecular formula is C18H20ClNO3. The summed E-state index contributed by atoms with van der Waals surface area (Å²) < 4.78 is 4.97. The average Bonchev–Trinajstić information content (AvgIpc) is 2.60. The standard InChI is InChI=1S/C18H20ClNO3/c1-2-23-18(22)15-5-3-13(4-6-15)14-7-9-16(10-8-14)20-12-17(21)11-19/h3-10,17,20-21H,2,11-12H2,1H3. The molecule has 4 nitrogen and oxygen atoms in total. The van der Waals surface area contributed by atoms with Crippen LogP contribution in [0.5, 0.6) is 0 Å². The maximum atomic E-state index is 11.6. The Labute approximate surface area is 141 Å². The van der Waals surface area contributed by atoms with Gasteiger partial charge < -0.3 is 15.2 Å². The molecular weight excluding hydrogens is 314 g/mol. The normalized spacial score (nSPS) is 11.8. The molecule has 0 aliphatic heterocycles. The lowest BCUT2D eigenvalue weighted by Gasteiger charge is -2.10. The highest BCUT2D eigenvalue weighted by atomic mass is 35.5. The lowest BCUT2D eigenvalue weighted by Crippen LogP contribution is -2.20. The van der Waals surface area contributed by atoms with Crippen molar-refractivity contribution in [3.63, 3.8) is 0 Å². The van der Waals surface area contributed by atoms with Gasteiger partial charge in [-0.25, -0.2) is 4.79 Å². The van der Waals surface area contributed by atoms with Gasteiger partial charge in [-0.3, -0.25) is 0 Å². The molecule has 23 heavy (non-hydrogen) atoms. The third-order valence-electron chi connectivity index (χ3n) is 3.33. The monoisotopic (exact) mass is 333 g/mol. The number of rotatable bonds is 7. The van der Waals surface area contributed by atoms with E-state index in [0.717, 1.165) is 16.8 Å². The number of alkyl halides is 1. The number of hydrogen-bond acceptors (Lipinski definition) is 4. The quantitative estimate of drug-likeness (QED) is 0.601. The number of aliphatic hydroxyl groups excluding tert-OH is 1. The van der Waals surface area contributed by atoms with Crippen LogP contribution in [0.15, 0.2) is 48.5 Å². The van der Waals surface area contributed by atoms with Gasteiger partial charge in [0.05, 0.1) is 24.2 Å². The summed E-state index contributed by atoms with van der Waals surface area (Å²) in [6, 6.07) is 15.2. The van der Waals surface area contributed by atoms with E-state index in [9.17, 15) is 9.90 Å². The third kappa shape index (κ3) is 4.98. The molecule has 0 amide bonds. The van der Waals surface area contributed by atoms with Gasteiger partial charge in [0.1, 0.15) is 0 Å². The molecule has 0 saturated carbocycles. The fraction of sp³-hybridized carbons (Fsp3) is 0.278. The lowest BCUT2D eigenvalue weighted by atomic mass is 10.0. The maximum Gasteiger partial charge on any atom is 0.338 e. The predicted molar refractivity (Wildman–Crippen MR) is 93.1 cm³/mol. The number of carbonyl (C=O) groups is 1. The highest BCUT2D eigenvalue weighted by molar-refractivity contribution is 6.18. The van der Waals surface area contributed by atoms with E-state index in [2.05, 4.69) is 5.32 Å². The summed E-state index contributed by atoms with van der Waals surface area (Å²) in [7, 11) is 0. The molecule has 5 heteroatoms. The van der Waals surface area contributed by atoms with Gasteiger partial charge in [0.2, 0.25) is 0 Å². The topological polar surface area (TPSA) is 58.6 Å². The van der Waals surface area contributed by atoms with Gasteiger partial charge >= 0.3 is 5.97 Å². The summed E-state index contributed by atoms with van der Waals surface area (Å²) in [5, 5.41) is 12.5. The van der Waals surface area contributed by atoms with Crippen LogP contribution in [0.3, 0.4) is 0 Å². The molecule has 0 bridgehead atoms. The molecule has 1 atom stereocenters. The molecule has 0 fully saturated rings. The Morgan fingerprint density at radius 3 is 2.22 bits per heavy atom. The molecule has 0 spiro atoms. The van der Waals surface area contributed by atoms with Crippen LogP contribution in [0, 0.1) is 0 Å². The van der Waals surface area contributed by atoms with Crippen LogP contribution < -0.4 is 5.32 Å². The van der Waals surface area contributed by atoms with Crippen LogP contribution in [-0.4, -0.2) is 36.2 Å². The average molecular weight is 334 g/mol. The van der Waals surface area contributed by atoms with E-state index in [0.29, 0.717) is 18.7 Å². The van der Waals surface area contributed by atoms with E-state index < -0.39 is 6.10 Å². The molecule has 122 valence electrons. The Morgan fingerprint density at radius 2 is 1.70 bits per heavy atom. The summed E-state index contributed by atoms with van der Waals surface area (Å²) in [4.78, 5) is 11.6. The molecule has 2 aromatic carbocycles. The molecule has 0 aliphatic carbocycles. The number of ether oxygens (including phenoxy) is 1. The summed E-state index contributed by atoms with van der Waals surface area (Å²) >= 11 is 5.56. The van der Waals surface area contributed by atoms with Crippen molar-refractivity contribution in [2.45, 2.75) is 13.0 Å². The Kier molecular flexibility index (Phi) is 6.44. The number of carbonyl (C=O) groups excluding carboxylic acids is 1. The summed E-state index contributed by atoms with van der Waals surface area (Å²) in [6.07, 6.45) is -0.563. The second-order valence-electron chi connectivity index (χ2n) is 5.06. The molecule has 0 saturated heterocycles. The third-order valence-corrected chi connectivity index (χ3v) is 3.69. The van der Waals surface area contributed by atoms with Gasteiger partial charge in [-0.05, 0) is 42.3 Å². The fourth-order valence-corrected chi connectivity index (χ4v) is 2.19. The first-order valence-electron chi connectivity index (χ1n) is 7.49. The summed E-state index contributed by atoms with van der Waals surface area (Å²) in [5.74, 6) is -0.103. The number of halogens is 1. The van der Waals surface area contributed by atoms with Crippen LogP contribution in [0.1, 0.15) is 17.3 Å². The van der Waals surface area contributed by atoms with E-state index in [1.807, 2.05) is 36.4 Å². The highest BCUT2D eigenvalue weighted by Crippen LogP contribution is 2.22. The Bertz CT molecular complexity index is 626. The smallest absolute Gasteiger partial charge is 0.338 e. The van der Waals surface area contributed by atoms with Crippen molar-refractivity contribution in [1.29, 1.82) is 0 Å². The van der Waals surface area contributed by atoms with Gasteiger partial charge in [-0.15, -0.1) is 11.6 Å². The van der Waals surface area contributed by atoms with Crippen molar-refractivity contribution in [2.75, 3.05) is 24.3 Å². The van der Waals surface area contributed by atoms with E-state index in [1.54, 1.807) is 19.1 Å². The Hall–Kier alpha value is -2.04. The van der Waals surface area contributed by atoms with Crippen LogP contribution in [-0.2, 0) is 4.74 Å². The Balaban J connectivity index is 2.03. The van der Waals surface area contributed by atoms with Gasteiger partial charge in [0.15, 0.2) is 0 Å². The first-order chi connectivity index (χ1) is 11.1. The molecule has 0 aromatic heterocycles. The van der Waals surface area contributed by atoms with Crippen molar-refractivity contribution >= 4 is 23.3 Å². The van der Waals surface area contributed by atoms with Gasteiger partial charge in [-0.2, -0.15) is 0 Å². The number of anilines is 1. The first kappa shape index (κ1) is 17.3. The predicted octanol–water partition coefficient (Wildman–Crippen LogP) is 3.54. The van der Waals surface area contributed by atoms with Crippen molar-refractivity contribution in [2.24, 2.45) is 0 Å². The first-order valence-corrected chi connectivity index (χ1v) is 8.03. The number of benzene rings is 2. The zero-order chi connectivity index (χ0) is 16.7.